The number of ketones is 1. The third kappa shape index (κ3) is 4.52. The quantitative estimate of drug-likeness (QED) is 0.582. The van der Waals surface area contributed by atoms with Crippen LogP contribution in [0.2, 0.25) is 10.0 Å². The van der Waals surface area contributed by atoms with Crippen LogP contribution in [0.1, 0.15) is 17.3 Å². The van der Waals surface area contributed by atoms with Crippen LogP contribution in [-0.2, 0) is 0 Å². The number of hydrogen-bond acceptors (Lipinski definition) is 3. The molecule has 0 saturated heterocycles. The van der Waals surface area contributed by atoms with E-state index < -0.39 is 0 Å². The second kappa shape index (κ2) is 7.87. The molecule has 2 aromatic rings. The van der Waals surface area contributed by atoms with E-state index in [1.807, 2.05) is 6.92 Å². The Morgan fingerprint density at radius 2 is 1.91 bits per heavy atom. The molecule has 22 heavy (non-hydrogen) atoms. The predicted octanol–water partition coefficient (Wildman–Crippen LogP) is 5.20. The van der Waals surface area contributed by atoms with Crippen molar-refractivity contribution in [2.45, 2.75) is 6.92 Å². The van der Waals surface area contributed by atoms with Gasteiger partial charge in [-0.05, 0) is 49.4 Å². The zero-order chi connectivity index (χ0) is 15.9. The summed E-state index contributed by atoms with van der Waals surface area (Å²) in [6.45, 7) is 2.51. The number of ether oxygens (including phenoxy) is 1. The minimum atomic E-state index is -0.111. The van der Waals surface area contributed by atoms with Gasteiger partial charge in [0.1, 0.15) is 5.75 Å². The van der Waals surface area contributed by atoms with Crippen LogP contribution in [-0.4, -0.2) is 12.4 Å². The van der Waals surface area contributed by atoms with Crippen molar-refractivity contribution in [3.8, 4) is 5.75 Å². The molecule has 5 heteroatoms. The molecule has 0 unspecified atom stereocenters. The molecule has 0 radical (unpaired) electrons. The van der Waals surface area contributed by atoms with Crippen LogP contribution in [0.3, 0.4) is 0 Å². The molecule has 2 rings (SSSR count). The van der Waals surface area contributed by atoms with Gasteiger partial charge in [-0.25, -0.2) is 0 Å². The van der Waals surface area contributed by atoms with Gasteiger partial charge in [-0.1, -0.05) is 23.2 Å². The van der Waals surface area contributed by atoms with Crippen molar-refractivity contribution >= 4 is 34.7 Å². The lowest BCUT2D eigenvalue weighted by Gasteiger charge is -2.04. The number of halogens is 2. The largest absolute Gasteiger partial charge is 0.494 e. The van der Waals surface area contributed by atoms with E-state index in [9.17, 15) is 4.79 Å². The van der Waals surface area contributed by atoms with Crippen LogP contribution in [0.4, 0.5) is 5.69 Å². The van der Waals surface area contributed by atoms with Crippen LogP contribution < -0.4 is 10.1 Å². The van der Waals surface area contributed by atoms with Gasteiger partial charge >= 0.3 is 0 Å². The van der Waals surface area contributed by atoms with Crippen molar-refractivity contribution < 1.29 is 9.53 Å². The monoisotopic (exact) mass is 335 g/mol. The van der Waals surface area contributed by atoms with Crippen LogP contribution in [0.25, 0.3) is 0 Å². The summed E-state index contributed by atoms with van der Waals surface area (Å²) in [7, 11) is 0. The second-order valence-corrected chi connectivity index (χ2v) is 5.27. The summed E-state index contributed by atoms with van der Waals surface area (Å²) in [5.41, 5.74) is 1.27. The lowest BCUT2D eigenvalue weighted by Crippen LogP contribution is -1.97. The zero-order valence-electron chi connectivity index (χ0n) is 12.0. The molecule has 0 aliphatic heterocycles. The number of carbonyl (C=O) groups excluding carboxylic acids is 1. The molecule has 2 aromatic carbocycles. The molecule has 0 aliphatic rings. The van der Waals surface area contributed by atoms with Crippen molar-refractivity contribution in [3.05, 3.63) is 70.3 Å². The molecule has 1 N–H and O–H groups in total. The summed E-state index contributed by atoms with van der Waals surface area (Å²) >= 11 is 11.9. The fraction of sp³-hybridized carbons (Fsp3) is 0.118. The Kier molecular flexibility index (Phi) is 5.87. The highest BCUT2D eigenvalue weighted by molar-refractivity contribution is 6.36. The van der Waals surface area contributed by atoms with E-state index in [2.05, 4.69) is 5.32 Å². The van der Waals surface area contributed by atoms with E-state index in [0.29, 0.717) is 27.9 Å². The summed E-state index contributed by atoms with van der Waals surface area (Å²) in [6.07, 6.45) is 2.99. The number of allylic oxidation sites excluding steroid dienone is 1. The number of nitrogens with one attached hydrogen (secondary N) is 1. The molecule has 3 nitrogen and oxygen atoms in total. The van der Waals surface area contributed by atoms with E-state index in [0.717, 1.165) is 5.75 Å². The Hall–Kier alpha value is -1.97. The van der Waals surface area contributed by atoms with Gasteiger partial charge in [0.15, 0.2) is 5.78 Å². The highest BCUT2D eigenvalue weighted by Crippen LogP contribution is 2.25. The number of rotatable bonds is 6. The van der Waals surface area contributed by atoms with E-state index >= 15 is 0 Å². The van der Waals surface area contributed by atoms with Gasteiger partial charge in [-0.2, -0.15) is 0 Å². The predicted molar refractivity (Wildman–Crippen MR) is 91.2 cm³/mol. The Morgan fingerprint density at radius 3 is 2.55 bits per heavy atom. The summed E-state index contributed by atoms with van der Waals surface area (Å²) in [5, 5.41) is 4.01. The SMILES string of the molecule is CCOc1ccc(C(=O)C=CNc2ccc(Cl)cc2Cl)cc1. The minimum absolute atomic E-state index is 0.111. The Labute approximate surface area is 139 Å². The summed E-state index contributed by atoms with van der Waals surface area (Å²) < 4.78 is 5.34. The molecular formula is C17H15Cl2NO2. The standard InChI is InChI=1S/C17H15Cl2NO2/c1-2-22-14-6-3-12(4-7-14)17(21)9-10-20-16-8-5-13(18)11-15(16)19/h3-11,20H,2H2,1H3. The van der Waals surface area contributed by atoms with Gasteiger partial charge < -0.3 is 10.1 Å². The van der Waals surface area contributed by atoms with Gasteiger partial charge in [-0.15, -0.1) is 0 Å². The average molecular weight is 336 g/mol. The number of benzene rings is 2. The molecule has 0 amide bonds. The molecule has 0 aliphatic carbocycles. The fourth-order valence-corrected chi connectivity index (χ4v) is 2.26. The van der Waals surface area contributed by atoms with Crippen LogP contribution >= 0.6 is 23.2 Å². The highest BCUT2D eigenvalue weighted by atomic mass is 35.5. The number of anilines is 1. The minimum Gasteiger partial charge on any atom is -0.494 e. The number of carbonyl (C=O) groups is 1. The molecular weight excluding hydrogens is 321 g/mol. The normalized spacial score (nSPS) is 10.7. The molecule has 0 bridgehead atoms. The first-order valence-corrected chi connectivity index (χ1v) is 7.51. The zero-order valence-corrected chi connectivity index (χ0v) is 13.5. The first-order valence-electron chi connectivity index (χ1n) is 6.75. The third-order valence-corrected chi connectivity index (χ3v) is 3.40. The maximum Gasteiger partial charge on any atom is 0.187 e. The highest BCUT2D eigenvalue weighted by Gasteiger charge is 2.03. The topological polar surface area (TPSA) is 38.3 Å². The van der Waals surface area contributed by atoms with Crippen molar-refractivity contribution in [2.24, 2.45) is 0 Å². The number of hydrogen-bond donors (Lipinski definition) is 1. The van der Waals surface area contributed by atoms with Gasteiger partial charge in [0, 0.05) is 22.9 Å². The summed E-state index contributed by atoms with van der Waals surface area (Å²) in [6, 6.07) is 12.1. The van der Waals surface area contributed by atoms with Gasteiger partial charge in [0.2, 0.25) is 0 Å². The average Bonchev–Trinajstić information content (AvgIpc) is 2.50. The maximum absolute atomic E-state index is 12.0. The van der Waals surface area contributed by atoms with Crippen molar-refractivity contribution in [2.75, 3.05) is 11.9 Å². The van der Waals surface area contributed by atoms with E-state index in [4.69, 9.17) is 27.9 Å². The molecule has 0 spiro atoms. The Morgan fingerprint density at radius 1 is 1.18 bits per heavy atom. The molecule has 0 aromatic heterocycles. The Bertz CT molecular complexity index is 682. The maximum atomic E-state index is 12.0. The van der Waals surface area contributed by atoms with Gasteiger partial charge in [-0.3, -0.25) is 4.79 Å². The molecule has 0 saturated carbocycles. The first-order chi connectivity index (χ1) is 10.6. The smallest absolute Gasteiger partial charge is 0.187 e. The van der Waals surface area contributed by atoms with Crippen molar-refractivity contribution in [3.63, 3.8) is 0 Å². The third-order valence-electron chi connectivity index (χ3n) is 2.85. The van der Waals surface area contributed by atoms with E-state index in [1.165, 1.54) is 6.08 Å². The first kappa shape index (κ1) is 16.4. The van der Waals surface area contributed by atoms with Crippen LogP contribution in [0.15, 0.2) is 54.7 Å². The second-order valence-electron chi connectivity index (χ2n) is 4.42. The molecule has 0 heterocycles. The van der Waals surface area contributed by atoms with Crippen molar-refractivity contribution in [1.82, 2.24) is 0 Å². The molecule has 0 atom stereocenters. The molecule has 0 fully saturated rings. The Balaban J connectivity index is 1.98. The van der Waals surface area contributed by atoms with Gasteiger partial charge in [0.25, 0.3) is 0 Å². The van der Waals surface area contributed by atoms with Gasteiger partial charge in [0.05, 0.1) is 17.3 Å². The van der Waals surface area contributed by atoms with Crippen LogP contribution in [0.5, 0.6) is 5.75 Å². The van der Waals surface area contributed by atoms with Crippen molar-refractivity contribution in [1.29, 1.82) is 0 Å². The summed E-state index contributed by atoms with van der Waals surface area (Å²) in [4.78, 5) is 12.0. The van der Waals surface area contributed by atoms with E-state index in [-0.39, 0.29) is 5.78 Å². The summed E-state index contributed by atoms with van der Waals surface area (Å²) in [5.74, 6) is 0.634. The lowest BCUT2D eigenvalue weighted by atomic mass is 10.1. The molecule has 114 valence electrons. The lowest BCUT2D eigenvalue weighted by molar-refractivity contribution is 0.104. The van der Waals surface area contributed by atoms with Crippen LogP contribution in [0, 0.1) is 0 Å². The van der Waals surface area contributed by atoms with E-state index in [1.54, 1.807) is 48.7 Å². The fourth-order valence-electron chi connectivity index (χ4n) is 1.79.